The lowest BCUT2D eigenvalue weighted by Gasteiger charge is -2.16. The summed E-state index contributed by atoms with van der Waals surface area (Å²) < 4.78 is 16.3. The maximum atomic E-state index is 11.3. The third-order valence-electron chi connectivity index (χ3n) is 3.91. The van der Waals surface area contributed by atoms with Crippen LogP contribution in [-0.4, -0.2) is 9.79 Å². The molecule has 0 atom stereocenters. The van der Waals surface area contributed by atoms with Crippen molar-refractivity contribution in [3.8, 4) is 5.75 Å². The van der Waals surface area contributed by atoms with Gasteiger partial charge in [-0.3, -0.25) is 9.79 Å². The molecule has 0 radical (unpaired) electrons. The highest BCUT2D eigenvalue weighted by Gasteiger charge is 2.20. The third-order valence-corrected chi connectivity index (χ3v) is 4.34. The summed E-state index contributed by atoms with van der Waals surface area (Å²) in [5, 5.41) is 0. The molecular formula is C20H19O4P. The fraction of sp³-hybridized carbons (Fsp3) is 0.100. The van der Waals surface area contributed by atoms with Crippen molar-refractivity contribution < 1.29 is 18.9 Å². The highest BCUT2D eigenvalue weighted by Crippen LogP contribution is 2.40. The SMILES string of the molecule is O=P(O)(O)Oc1cccc(Cc2ccccc2)c1Cc1ccccc1. The lowest BCUT2D eigenvalue weighted by molar-refractivity contribution is 0.282. The van der Waals surface area contributed by atoms with Gasteiger partial charge in [0.15, 0.2) is 0 Å². The van der Waals surface area contributed by atoms with Gasteiger partial charge in [-0.2, -0.15) is 0 Å². The Balaban J connectivity index is 2.01. The predicted molar refractivity (Wildman–Crippen MR) is 97.6 cm³/mol. The standard InChI is InChI=1S/C20H19O4P/c21-25(22,23)24-20-13-7-12-18(14-16-8-3-1-4-9-16)19(20)15-17-10-5-2-6-11-17/h1-13H,14-15H2,(H2,21,22,23). The first-order valence-electron chi connectivity index (χ1n) is 7.95. The molecule has 3 aromatic carbocycles. The highest BCUT2D eigenvalue weighted by molar-refractivity contribution is 7.46. The van der Waals surface area contributed by atoms with Crippen LogP contribution in [0.5, 0.6) is 5.75 Å². The Morgan fingerprint density at radius 2 is 1.28 bits per heavy atom. The molecule has 0 saturated carbocycles. The molecule has 0 heterocycles. The molecule has 3 rings (SSSR count). The lowest BCUT2D eigenvalue weighted by atomic mass is 9.94. The zero-order valence-electron chi connectivity index (χ0n) is 13.6. The van der Waals surface area contributed by atoms with Crippen molar-refractivity contribution in [3.05, 3.63) is 101 Å². The van der Waals surface area contributed by atoms with Gasteiger partial charge in [0.2, 0.25) is 0 Å². The van der Waals surface area contributed by atoms with Crippen LogP contribution in [0.3, 0.4) is 0 Å². The van der Waals surface area contributed by atoms with Gasteiger partial charge in [-0.15, -0.1) is 0 Å². The summed E-state index contributed by atoms with van der Waals surface area (Å²) in [5.41, 5.74) is 3.96. The molecule has 128 valence electrons. The molecule has 5 heteroatoms. The quantitative estimate of drug-likeness (QED) is 0.646. The van der Waals surface area contributed by atoms with E-state index in [2.05, 4.69) is 0 Å². The fourth-order valence-electron chi connectivity index (χ4n) is 2.81. The van der Waals surface area contributed by atoms with Gasteiger partial charge in [0.1, 0.15) is 5.75 Å². The van der Waals surface area contributed by atoms with Gasteiger partial charge in [-0.05, 0) is 29.2 Å². The summed E-state index contributed by atoms with van der Waals surface area (Å²) in [6.45, 7) is 0. The van der Waals surface area contributed by atoms with Gasteiger partial charge in [0.05, 0.1) is 0 Å². The smallest absolute Gasteiger partial charge is 0.404 e. The molecule has 0 fully saturated rings. The van der Waals surface area contributed by atoms with Crippen LogP contribution in [0.15, 0.2) is 78.9 Å². The summed E-state index contributed by atoms with van der Waals surface area (Å²) in [4.78, 5) is 18.5. The van der Waals surface area contributed by atoms with E-state index >= 15 is 0 Å². The summed E-state index contributed by atoms with van der Waals surface area (Å²) >= 11 is 0. The average molecular weight is 354 g/mol. The van der Waals surface area contributed by atoms with E-state index in [4.69, 9.17) is 4.52 Å². The fourth-order valence-corrected chi connectivity index (χ4v) is 3.23. The largest absolute Gasteiger partial charge is 0.524 e. The first-order valence-corrected chi connectivity index (χ1v) is 9.48. The molecule has 0 saturated heterocycles. The van der Waals surface area contributed by atoms with E-state index in [0.29, 0.717) is 12.8 Å². The van der Waals surface area contributed by atoms with Crippen molar-refractivity contribution in [1.29, 1.82) is 0 Å². The van der Waals surface area contributed by atoms with Crippen LogP contribution in [0.1, 0.15) is 22.3 Å². The second-order valence-corrected chi connectivity index (χ2v) is 6.96. The molecule has 0 amide bonds. The molecule has 2 N–H and O–H groups in total. The summed E-state index contributed by atoms with van der Waals surface area (Å²) in [6, 6.07) is 25.1. The molecule has 0 aromatic heterocycles. The summed E-state index contributed by atoms with van der Waals surface area (Å²) in [5.74, 6) is 0.227. The van der Waals surface area contributed by atoms with E-state index in [9.17, 15) is 14.4 Å². The maximum Gasteiger partial charge on any atom is 0.524 e. The Bertz CT molecular complexity index is 873. The van der Waals surface area contributed by atoms with Gasteiger partial charge in [-0.1, -0.05) is 72.8 Å². The Labute approximate surface area is 147 Å². The Hall–Kier alpha value is -2.39. The van der Waals surface area contributed by atoms with Crippen LogP contribution in [0.25, 0.3) is 0 Å². The molecule has 0 aliphatic heterocycles. The Kier molecular flexibility index (Phi) is 5.34. The predicted octanol–water partition coefficient (Wildman–Crippen LogP) is 4.34. The van der Waals surface area contributed by atoms with E-state index in [0.717, 1.165) is 22.3 Å². The topological polar surface area (TPSA) is 66.8 Å². The van der Waals surface area contributed by atoms with E-state index in [1.54, 1.807) is 12.1 Å². The van der Waals surface area contributed by atoms with Crippen molar-refractivity contribution in [2.75, 3.05) is 0 Å². The molecule has 0 spiro atoms. The highest BCUT2D eigenvalue weighted by atomic mass is 31.2. The molecule has 0 aliphatic carbocycles. The molecule has 4 nitrogen and oxygen atoms in total. The molecular weight excluding hydrogens is 335 g/mol. The van der Waals surface area contributed by atoms with Gasteiger partial charge in [0.25, 0.3) is 0 Å². The first-order chi connectivity index (χ1) is 12.0. The minimum absolute atomic E-state index is 0.227. The second-order valence-electron chi connectivity index (χ2n) is 5.80. The van der Waals surface area contributed by atoms with Crippen LogP contribution in [0, 0.1) is 0 Å². The Morgan fingerprint density at radius 1 is 0.720 bits per heavy atom. The van der Waals surface area contributed by atoms with E-state index in [1.807, 2.05) is 66.7 Å². The number of phosphoric ester groups is 1. The number of phosphoric acid groups is 1. The molecule has 0 aliphatic rings. The molecule has 3 aromatic rings. The van der Waals surface area contributed by atoms with Crippen molar-refractivity contribution in [2.24, 2.45) is 0 Å². The van der Waals surface area contributed by atoms with Crippen LogP contribution in [0.2, 0.25) is 0 Å². The van der Waals surface area contributed by atoms with Crippen LogP contribution >= 0.6 is 7.82 Å². The van der Waals surface area contributed by atoms with E-state index in [1.165, 1.54) is 0 Å². The van der Waals surface area contributed by atoms with Crippen LogP contribution in [0.4, 0.5) is 0 Å². The lowest BCUT2D eigenvalue weighted by Crippen LogP contribution is -2.02. The van der Waals surface area contributed by atoms with Crippen LogP contribution < -0.4 is 4.52 Å². The summed E-state index contributed by atoms with van der Waals surface area (Å²) in [6.07, 6.45) is 1.21. The van der Waals surface area contributed by atoms with Gasteiger partial charge < -0.3 is 4.52 Å². The van der Waals surface area contributed by atoms with Crippen molar-refractivity contribution in [3.63, 3.8) is 0 Å². The summed E-state index contributed by atoms with van der Waals surface area (Å²) in [7, 11) is -4.62. The maximum absolute atomic E-state index is 11.3. The second kappa shape index (κ2) is 7.66. The van der Waals surface area contributed by atoms with Gasteiger partial charge in [0, 0.05) is 12.0 Å². The normalized spacial score (nSPS) is 11.3. The Morgan fingerprint density at radius 3 is 1.84 bits per heavy atom. The minimum Gasteiger partial charge on any atom is -0.404 e. The zero-order valence-corrected chi connectivity index (χ0v) is 14.5. The average Bonchev–Trinajstić information content (AvgIpc) is 2.58. The van der Waals surface area contributed by atoms with Crippen LogP contribution in [-0.2, 0) is 17.4 Å². The van der Waals surface area contributed by atoms with Gasteiger partial charge >= 0.3 is 7.82 Å². The first kappa shape index (κ1) is 17.4. The third kappa shape index (κ3) is 5.04. The molecule has 0 unspecified atom stereocenters. The number of benzene rings is 3. The minimum atomic E-state index is -4.62. The van der Waals surface area contributed by atoms with Crippen molar-refractivity contribution >= 4 is 7.82 Å². The van der Waals surface area contributed by atoms with E-state index in [-0.39, 0.29) is 5.75 Å². The zero-order chi connectivity index (χ0) is 17.7. The number of rotatable bonds is 6. The van der Waals surface area contributed by atoms with E-state index < -0.39 is 7.82 Å². The van der Waals surface area contributed by atoms with Crippen molar-refractivity contribution in [1.82, 2.24) is 0 Å². The number of hydrogen-bond donors (Lipinski definition) is 2. The monoisotopic (exact) mass is 354 g/mol. The molecule has 0 bridgehead atoms. The van der Waals surface area contributed by atoms with Crippen molar-refractivity contribution in [2.45, 2.75) is 12.8 Å². The number of hydrogen-bond acceptors (Lipinski definition) is 2. The van der Waals surface area contributed by atoms with Gasteiger partial charge in [-0.25, -0.2) is 4.57 Å². The molecule has 25 heavy (non-hydrogen) atoms.